The molecule has 2 aromatic carbocycles. The lowest BCUT2D eigenvalue weighted by atomic mass is 9.80. The highest BCUT2D eigenvalue weighted by atomic mass is 35.5. The summed E-state index contributed by atoms with van der Waals surface area (Å²) in [4.78, 5) is 85.4. The van der Waals surface area contributed by atoms with Crippen LogP contribution in [0.15, 0.2) is 67.1 Å². The molecule has 1 unspecified atom stereocenters. The van der Waals surface area contributed by atoms with Gasteiger partial charge in [-0.3, -0.25) is 29.0 Å². The molecule has 4 amide bonds. The molecule has 3 N–H and O–H groups in total. The van der Waals surface area contributed by atoms with Crippen LogP contribution >= 0.6 is 22.9 Å². The lowest BCUT2D eigenvalue weighted by Crippen LogP contribution is -2.60. The molecule has 3 aliphatic rings. The maximum atomic E-state index is 14.8. The molecule has 2 aromatic heterocycles. The van der Waals surface area contributed by atoms with Crippen LogP contribution in [0.1, 0.15) is 110 Å². The highest BCUT2D eigenvalue weighted by Gasteiger charge is 2.46. The quantitative estimate of drug-likeness (QED) is 0.125. The molecule has 306 valence electrons. The molecule has 4 aromatic rings. The van der Waals surface area contributed by atoms with Crippen molar-refractivity contribution in [3.63, 3.8) is 0 Å². The van der Waals surface area contributed by atoms with Crippen LogP contribution in [0, 0.1) is 23.2 Å². The molecule has 0 bridgehead atoms. The number of hydrogen-bond donors (Lipinski definition) is 3. The Balaban J connectivity index is 1.13. The number of nitrogens with one attached hydrogen (secondary N) is 3. The van der Waals surface area contributed by atoms with Gasteiger partial charge in [0.2, 0.25) is 23.5 Å². The van der Waals surface area contributed by atoms with E-state index in [1.807, 2.05) is 57.2 Å². The van der Waals surface area contributed by atoms with Gasteiger partial charge in [-0.2, -0.15) is 0 Å². The topological polar surface area (TPSA) is 163 Å². The number of aromatic nitrogens is 3. The molecular formula is C44H52ClN7O5S. The number of rotatable bonds is 13. The van der Waals surface area contributed by atoms with Gasteiger partial charge in [0.05, 0.1) is 28.4 Å². The monoisotopic (exact) mass is 825 g/mol. The Kier molecular flexibility index (Phi) is 12.9. The highest BCUT2D eigenvalue weighted by molar-refractivity contribution is 7.20. The maximum Gasteiger partial charge on any atom is 0.272 e. The summed E-state index contributed by atoms with van der Waals surface area (Å²) in [6.45, 7) is 5.97. The van der Waals surface area contributed by atoms with Gasteiger partial charge in [-0.25, -0.2) is 9.97 Å². The van der Waals surface area contributed by atoms with Gasteiger partial charge in [0.1, 0.15) is 17.8 Å². The minimum atomic E-state index is -0.973. The number of ketones is 1. The zero-order chi connectivity index (χ0) is 41.0. The molecule has 58 heavy (non-hydrogen) atoms. The SMILES string of the molecule is CC(C)(C)[C@H](NC(=O)[C@@H](NC(=O)c1cnccn1)C1CCCCC1)C(=O)N1C[C@@H](C(=O)NC(CC2CCC2)C(=O)c2nc3ccccc3s2)[C@H](c2ccc(Cl)cc2)C1. The number of fused-ring (bicyclic) bond motifs is 1. The summed E-state index contributed by atoms with van der Waals surface area (Å²) in [6, 6.07) is 12.3. The van der Waals surface area contributed by atoms with Gasteiger partial charge in [-0.1, -0.05) is 95.2 Å². The smallest absolute Gasteiger partial charge is 0.272 e. The summed E-state index contributed by atoms with van der Waals surface area (Å²) in [5.74, 6) is -2.65. The van der Waals surface area contributed by atoms with Crippen LogP contribution < -0.4 is 16.0 Å². The predicted molar refractivity (Wildman–Crippen MR) is 223 cm³/mol. The fourth-order valence-corrected chi connectivity index (χ4v) is 9.64. The maximum absolute atomic E-state index is 14.8. The summed E-state index contributed by atoms with van der Waals surface area (Å²) < 4.78 is 0.908. The molecule has 2 aliphatic carbocycles. The molecule has 1 aliphatic heterocycles. The summed E-state index contributed by atoms with van der Waals surface area (Å²) in [5.41, 5.74) is 0.960. The molecule has 12 nitrogen and oxygen atoms in total. The second-order valence-electron chi connectivity index (χ2n) is 17.2. The van der Waals surface area contributed by atoms with Crippen LogP contribution in [0.2, 0.25) is 5.02 Å². The predicted octanol–water partition coefficient (Wildman–Crippen LogP) is 6.75. The largest absolute Gasteiger partial charge is 0.345 e. The van der Waals surface area contributed by atoms with Crippen molar-refractivity contribution < 1.29 is 24.0 Å². The summed E-state index contributed by atoms with van der Waals surface area (Å²) in [7, 11) is 0. The normalized spacial score (nSPS) is 20.4. The van der Waals surface area contributed by atoms with Crippen LogP contribution in [-0.2, 0) is 14.4 Å². The molecule has 7 rings (SSSR count). The molecule has 5 atom stereocenters. The fraction of sp³-hybridized carbons (Fsp3) is 0.500. The van der Waals surface area contributed by atoms with Crippen molar-refractivity contribution in [2.24, 2.45) is 23.2 Å². The molecule has 3 fully saturated rings. The van der Waals surface area contributed by atoms with Crippen molar-refractivity contribution in [2.45, 2.75) is 103 Å². The minimum Gasteiger partial charge on any atom is -0.345 e. The first-order valence-electron chi connectivity index (χ1n) is 20.5. The number of thiazole rings is 1. The van der Waals surface area contributed by atoms with Crippen molar-refractivity contribution in [3.05, 3.63) is 88.4 Å². The van der Waals surface area contributed by atoms with E-state index in [9.17, 15) is 24.0 Å². The lowest BCUT2D eigenvalue weighted by molar-refractivity contribution is -0.139. The number of benzene rings is 2. The van der Waals surface area contributed by atoms with Gasteiger partial charge in [0, 0.05) is 36.4 Å². The van der Waals surface area contributed by atoms with E-state index in [0.717, 1.165) is 67.1 Å². The number of carbonyl (C=O) groups excluding carboxylic acids is 5. The number of likely N-dealkylation sites (tertiary alicyclic amines) is 1. The zero-order valence-electron chi connectivity index (χ0n) is 33.3. The molecule has 2 saturated carbocycles. The number of amides is 4. The Morgan fingerprint density at radius 1 is 0.879 bits per heavy atom. The third-order valence-electron chi connectivity index (χ3n) is 12.1. The van der Waals surface area contributed by atoms with E-state index < -0.39 is 47.2 Å². The Morgan fingerprint density at radius 3 is 2.28 bits per heavy atom. The van der Waals surface area contributed by atoms with Gasteiger partial charge < -0.3 is 20.9 Å². The lowest BCUT2D eigenvalue weighted by Gasteiger charge is -2.36. The van der Waals surface area contributed by atoms with E-state index in [-0.39, 0.29) is 42.3 Å². The summed E-state index contributed by atoms with van der Waals surface area (Å²) >= 11 is 7.61. The van der Waals surface area contributed by atoms with Gasteiger partial charge in [-0.15, -0.1) is 11.3 Å². The molecule has 0 spiro atoms. The number of Topliss-reactive ketones (excluding diaryl/α,β-unsaturated/α-hetero) is 1. The third kappa shape index (κ3) is 9.58. The third-order valence-corrected chi connectivity index (χ3v) is 13.4. The second-order valence-corrected chi connectivity index (χ2v) is 18.7. The van der Waals surface area contributed by atoms with Crippen molar-refractivity contribution in [3.8, 4) is 0 Å². The zero-order valence-corrected chi connectivity index (χ0v) is 34.9. The molecular weight excluding hydrogens is 774 g/mol. The number of carbonyl (C=O) groups is 5. The Morgan fingerprint density at radius 2 is 1.62 bits per heavy atom. The van der Waals surface area contributed by atoms with Crippen LogP contribution in [0.5, 0.6) is 0 Å². The van der Waals surface area contributed by atoms with Crippen LogP contribution in [0.25, 0.3) is 10.2 Å². The van der Waals surface area contributed by atoms with E-state index in [4.69, 9.17) is 11.6 Å². The van der Waals surface area contributed by atoms with Crippen molar-refractivity contribution in [2.75, 3.05) is 13.1 Å². The molecule has 3 heterocycles. The van der Waals surface area contributed by atoms with Gasteiger partial charge >= 0.3 is 0 Å². The Bertz CT molecular complexity index is 2080. The van der Waals surface area contributed by atoms with Crippen LogP contribution in [-0.4, -0.2) is 80.5 Å². The first kappa shape index (κ1) is 41.4. The molecule has 14 heteroatoms. The van der Waals surface area contributed by atoms with E-state index >= 15 is 0 Å². The Hall–Kier alpha value is -4.75. The molecule has 0 radical (unpaired) electrons. The summed E-state index contributed by atoms with van der Waals surface area (Å²) in [5, 5.41) is 10.0. The van der Waals surface area contributed by atoms with E-state index in [2.05, 4.69) is 30.9 Å². The average molecular weight is 826 g/mol. The van der Waals surface area contributed by atoms with Gasteiger partial charge in [0.15, 0.2) is 5.01 Å². The highest BCUT2D eigenvalue weighted by Crippen LogP contribution is 2.37. The number of para-hydroxylation sites is 1. The summed E-state index contributed by atoms with van der Waals surface area (Å²) in [6.07, 6.45) is 12.4. The van der Waals surface area contributed by atoms with Crippen LogP contribution in [0.3, 0.4) is 0 Å². The second kappa shape index (κ2) is 18.0. The van der Waals surface area contributed by atoms with Gasteiger partial charge in [-0.05, 0) is 66.3 Å². The van der Waals surface area contributed by atoms with E-state index in [0.29, 0.717) is 22.4 Å². The van der Waals surface area contributed by atoms with E-state index in [1.54, 1.807) is 17.0 Å². The standard InChI is InChI=1S/C44H52ClN7O5S/c1-44(2,3)38(51-41(56)36(28-12-5-4-6-13-28)50-40(55)34-23-46-20-21-47-34)43(57)52-24-30(27-16-18-29(45)19-17-27)31(25-52)39(54)48-33(22-26-10-9-11-26)37(53)42-49-32-14-7-8-15-35(32)58-42/h7-8,14-21,23,26,28,30-31,33,36,38H,4-6,9-13,22,24-25H2,1-3H3,(H,48,54)(H,50,55)(H,51,56)/t30-,31+,33?,36-,38+/m0/s1. The number of hydrogen-bond acceptors (Lipinski definition) is 9. The first-order chi connectivity index (χ1) is 27.9. The number of nitrogens with zero attached hydrogens (tertiary/aromatic N) is 4. The van der Waals surface area contributed by atoms with Crippen molar-refractivity contribution in [1.29, 1.82) is 0 Å². The van der Waals surface area contributed by atoms with Crippen molar-refractivity contribution >= 4 is 62.6 Å². The fourth-order valence-electron chi connectivity index (χ4n) is 8.56. The first-order valence-corrected chi connectivity index (χ1v) is 21.7. The van der Waals surface area contributed by atoms with Crippen LogP contribution in [0.4, 0.5) is 0 Å². The number of halogens is 1. The molecule has 1 saturated heterocycles. The van der Waals surface area contributed by atoms with Gasteiger partial charge in [0.25, 0.3) is 5.91 Å². The Labute approximate surface area is 348 Å². The van der Waals surface area contributed by atoms with E-state index in [1.165, 1.54) is 29.9 Å². The average Bonchev–Trinajstić information content (AvgIpc) is 3.85. The minimum absolute atomic E-state index is 0.0847. The van der Waals surface area contributed by atoms with Crippen molar-refractivity contribution in [1.82, 2.24) is 35.8 Å².